The zero-order valence-corrected chi connectivity index (χ0v) is 13.7. The van der Waals surface area contributed by atoms with Crippen LogP contribution in [0.25, 0.3) is 0 Å². The molecule has 0 fully saturated rings. The lowest BCUT2D eigenvalue weighted by Crippen LogP contribution is -2.11. The predicted molar refractivity (Wildman–Crippen MR) is 80.0 cm³/mol. The topological polar surface area (TPSA) is 46.5 Å². The average Bonchev–Trinajstić information content (AvgIpc) is 2.38. The Morgan fingerprint density at radius 3 is 2.32 bits per heavy atom. The highest BCUT2D eigenvalue weighted by atomic mass is 79.9. The molecule has 0 heterocycles. The molecule has 0 aromatic heterocycles. The highest BCUT2D eigenvalue weighted by molar-refractivity contribution is 9.10. The Hall–Kier alpha value is -1.03. The molecule has 0 saturated heterocycles. The maximum Gasteiger partial charge on any atom is 0.306 e. The van der Waals surface area contributed by atoms with Gasteiger partial charge >= 0.3 is 5.97 Å². The van der Waals surface area contributed by atoms with Crippen molar-refractivity contribution in [2.24, 2.45) is 5.92 Å². The van der Waals surface area contributed by atoms with Crippen LogP contribution in [0.2, 0.25) is 0 Å². The Morgan fingerprint density at radius 2 is 1.84 bits per heavy atom. The smallest absolute Gasteiger partial charge is 0.306 e. The summed E-state index contributed by atoms with van der Waals surface area (Å²) >= 11 is 3.61. The number of benzene rings is 1. The normalized spacial score (nSPS) is 12.3. The van der Waals surface area contributed by atoms with E-state index in [-0.39, 0.29) is 5.92 Å². The third-order valence-corrected chi connectivity index (χ3v) is 4.93. The molecule has 4 heteroatoms. The first-order valence-corrected chi connectivity index (χ1v) is 7.15. The van der Waals surface area contributed by atoms with E-state index >= 15 is 0 Å². The Kier molecular flexibility index (Phi) is 5.41. The average molecular weight is 329 g/mol. The number of carbonyl (C=O) groups is 1. The summed E-state index contributed by atoms with van der Waals surface area (Å²) in [5, 5.41) is 8.97. The van der Waals surface area contributed by atoms with Crippen molar-refractivity contribution >= 4 is 21.9 Å². The largest absolute Gasteiger partial charge is 0.496 e. The third-order valence-electron chi connectivity index (χ3n) is 3.74. The molecule has 0 amide bonds. The van der Waals surface area contributed by atoms with Crippen molar-refractivity contribution in [3.63, 3.8) is 0 Å². The Morgan fingerprint density at radius 1 is 1.26 bits per heavy atom. The Bertz CT molecular complexity index is 495. The molecule has 3 nitrogen and oxygen atoms in total. The molecule has 0 radical (unpaired) electrons. The van der Waals surface area contributed by atoms with Gasteiger partial charge in [-0.2, -0.15) is 0 Å². The number of aliphatic carboxylic acids is 1. The van der Waals surface area contributed by atoms with Crippen LogP contribution in [0.5, 0.6) is 5.75 Å². The van der Waals surface area contributed by atoms with Gasteiger partial charge in [-0.05, 0) is 55.9 Å². The fourth-order valence-electron chi connectivity index (χ4n) is 2.21. The van der Waals surface area contributed by atoms with Gasteiger partial charge in [0.05, 0.1) is 13.0 Å². The fraction of sp³-hybridized carbons (Fsp3) is 0.533. The van der Waals surface area contributed by atoms with Crippen LogP contribution in [-0.4, -0.2) is 18.2 Å². The first kappa shape index (κ1) is 16.0. The number of ether oxygens (including phenoxy) is 1. The van der Waals surface area contributed by atoms with Crippen LogP contribution in [-0.2, 0) is 11.2 Å². The van der Waals surface area contributed by atoms with Gasteiger partial charge in [-0.25, -0.2) is 0 Å². The van der Waals surface area contributed by atoms with E-state index in [0.29, 0.717) is 12.8 Å². The molecule has 0 bridgehead atoms. The van der Waals surface area contributed by atoms with Crippen molar-refractivity contribution in [2.75, 3.05) is 7.11 Å². The second kappa shape index (κ2) is 6.42. The number of hydrogen-bond donors (Lipinski definition) is 1. The summed E-state index contributed by atoms with van der Waals surface area (Å²) in [6.07, 6.45) is 1.32. The van der Waals surface area contributed by atoms with Gasteiger partial charge in [0.25, 0.3) is 0 Å². The maximum atomic E-state index is 10.9. The second-order valence-corrected chi connectivity index (χ2v) is 5.77. The Labute approximate surface area is 123 Å². The maximum absolute atomic E-state index is 10.9. The third kappa shape index (κ3) is 3.30. The van der Waals surface area contributed by atoms with E-state index in [1.54, 1.807) is 14.0 Å². The predicted octanol–water partition coefficient (Wildman–Crippen LogP) is 4.04. The molecule has 1 aromatic carbocycles. The summed E-state index contributed by atoms with van der Waals surface area (Å²) in [5.74, 6) is -0.209. The van der Waals surface area contributed by atoms with Crippen LogP contribution >= 0.6 is 15.9 Å². The van der Waals surface area contributed by atoms with Gasteiger partial charge in [-0.3, -0.25) is 4.79 Å². The molecular weight excluding hydrogens is 308 g/mol. The van der Waals surface area contributed by atoms with Crippen molar-refractivity contribution in [3.8, 4) is 5.75 Å². The van der Waals surface area contributed by atoms with Crippen molar-refractivity contribution in [3.05, 3.63) is 26.7 Å². The molecule has 1 rings (SSSR count). The lowest BCUT2D eigenvalue weighted by Gasteiger charge is -2.19. The quantitative estimate of drug-likeness (QED) is 0.887. The van der Waals surface area contributed by atoms with E-state index < -0.39 is 5.97 Å². The lowest BCUT2D eigenvalue weighted by molar-refractivity contribution is -0.141. The van der Waals surface area contributed by atoms with Crippen LogP contribution < -0.4 is 4.74 Å². The highest BCUT2D eigenvalue weighted by Crippen LogP contribution is 2.37. The highest BCUT2D eigenvalue weighted by Gasteiger charge is 2.18. The van der Waals surface area contributed by atoms with Crippen LogP contribution in [0, 0.1) is 26.7 Å². The van der Waals surface area contributed by atoms with Gasteiger partial charge < -0.3 is 9.84 Å². The van der Waals surface area contributed by atoms with E-state index in [1.165, 1.54) is 5.56 Å². The first-order valence-electron chi connectivity index (χ1n) is 6.36. The summed E-state index contributed by atoms with van der Waals surface area (Å²) < 4.78 is 6.60. The minimum atomic E-state index is -0.750. The molecular formula is C15H21BrO3. The number of halogens is 1. The summed E-state index contributed by atoms with van der Waals surface area (Å²) in [6.45, 7) is 7.86. The minimum absolute atomic E-state index is 0.343. The summed E-state index contributed by atoms with van der Waals surface area (Å²) in [6, 6.07) is 0. The number of hydrogen-bond acceptors (Lipinski definition) is 2. The zero-order chi connectivity index (χ0) is 14.7. The SMILES string of the molecule is COc1c(C)c(C)c(Br)c(C)c1CCC(C)C(=O)O. The van der Waals surface area contributed by atoms with Gasteiger partial charge in [0, 0.05) is 4.47 Å². The number of carboxylic acids is 1. The van der Waals surface area contributed by atoms with Gasteiger partial charge in [-0.15, -0.1) is 0 Å². The zero-order valence-electron chi connectivity index (χ0n) is 12.1. The molecule has 19 heavy (non-hydrogen) atoms. The number of methoxy groups -OCH3 is 1. The first-order chi connectivity index (χ1) is 8.81. The molecule has 1 aromatic rings. The van der Waals surface area contributed by atoms with Crippen molar-refractivity contribution in [1.82, 2.24) is 0 Å². The number of rotatable bonds is 5. The van der Waals surface area contributed by atoms with Crippen LogP contribution in [0.15, 0.2) is 4.47 Å². The summed E-state index contributed by atoms with van der Waals surface area (Å²) in [5.41, 5.74) is 4.52. The van der Waals surface area contributed by atoms with E-state index in [1.807, 2.05) is 13.8 Å². The lowest BCUT2D eigenvalue weighted by atomic mass is 9.93. The molecule has 0 aliphatic rings. The molecule has 106 valence electrons. The van der Waals surface area contributed by atoms with E-state index in [2.05, 4.69) is 22.9 Å². The molecule has 1 atom stereocenters. The summed E-state index contributed by atoms with van der Waals surface area (Å²) in [4.78, 5) is 10.9. The van der Waals surface area contributed by atoms with E-state index in [4.69, 9.17) is 9.84 Å². The van der Waals surface area contributed by atoms with E-state index in [9.17, 15) is 4.79 Å². The van der Waals surface area contributed by atoms with Gasteiger partial charge in [0.1, 0.15) is 5.75 Å². The van der Waals surface area contributed by atoms with Crippen molar-refractivity contribution < 1.29 is 14.6 Å². The summed E-state index contributed by atoms with van der Waals surface area (Å²) in [7, 11) is 1.67. The minimum Gasteiger partial charge on any atom is -0.496 e. The molecule has 0 aliphatic carbocycles. The van der Waals surface area contributed by atoms with Crippen molar-refractivity contribution in [2.45, 2.75) is 40.5 Å². The molecule has 1 N–H and O–H groups in total. The molecule has 0 spiro atoms. The van der Waals surface area contributed by atoms with Gasteiger partial charge in [0.2, 0.25) is 0 Å². The fourth-order valence-corrected chi connectivity index (χ4v) is 2.74. The van der Waals surface area contributed by atoms with Gasteiger partial charge in [-0.1, -0.05) is 22.9 Å². The Balaban J connectivity index is 3.16. The second-order valence-electron chi connectivity index (χ2n) is 4.98. The van der Waals surface area contributed by atoms with Crippen LogP contribution in [0.1, 0.15) is 35.6 Å². The standard InChI is InChI=1S/C15H21BrO3/c1-8(15(17)18)6-7-12-11(4)13(16)9(2)10(3)14(12)19-5/h8H,6-7H2,1-5H3,(H,17,18). The molecule has 0 saturated carbocycles. The number of carboxylic acid groups (broad SMARTS) is 1. The van der Waals surface area contributed by atoms with Crippen molar-refractivity contribution in [1.29, 1.82) is 0 Å². The molecule has 0 aliphatic heterocycles. The molecule has 1 unspecified atom stereocenters. The van der Waals surface area contributed by atoms with Crippen LogP contribution in [0.3, 0.4) is 0 Å². The van der Waals surface area contributed by atoms with E-state index in [0.717, 1.165) is 26.9 Å². The monoisotopic (exact) mass is 328 g/mol. The van der Waals surface area contributed by atoms with Gasteiger partial charge in [0.15, 0.2) is 0 Å². The van der Waals surface area contributed by atoms with Crippen LogP contribution in [0.4, 0.5) is 0 Å².